The Bertz CT molecular complexity index is 731. The van der Waals surface area contributed by atoms with Gasteiger partial charge in [-0.15, -0.1) is 0 Å². The average molecular weight is 381 g/mol. The van der Waals surface area contributed by atoms with Gasteiger partial charge in [-0.1, -0.05) is 48.5 Å². The van der Waals surface area contributed by atoms with Crippen molar-refractivity contribution in [3.8, 4) is 0 Å². The summed E-state index contributed by atoms with van der Waals surface area (Å²) < 4.78 is 4.25. The topological polar surface area (TPSA) is 15.7 Å². The van der Waals surface area contributed by atoms with E-state index in [9.17, 15) is 0 Å². The highest BCUT2D eigenvalue weighted by Crippen LogP contribution is 2.38. The summed E-state index contributed by atoms with van der Waals surface area (Å²) in [6.07, 6.45) is 4.03. The smallest absolute Gasteiger partial charge is 0.0354 e. The van der Waals surface area contributed by atoms with E-state index in [1.165, 1.54) is 55.6 Å². The van der Waals surface area contributed by atoms with Gasteiger partial charge in [-0.2, -0.15) is 0 Å². The van der Waals surface area contributed by atoms with Crippen LogP contribution in [0.4, 0.5) is 0 Å². The fourth-order valence-corrected chi connectivity index (χ4v) is 4.77. The van der Waals surface area contributed by atoms with Gasteiger partial charge in [0, 0.05) is 52.5 Å². The van der Waals surface area contributed by atoms with Crippen LogP contribution in [0.15, 0.2) is 48.5 Å². The molecule has 152 valence electrons. The molecule has 0 saturated carbocycles. The standard InChI is InChI=1S/C23H30N2.C2H6O/c1-18-8-6-12-22(19(18)2)23-13-7-11-21-17-24(14-15-25(21)23)16-20-9-4-3-5-10-20;1-3-2/h3-6,8-10,12,21,23H,7,11,13-17H2,1-2H3;1-2H3. The summed E-state index contributed by atoms with van der Waals surface area (Å²) in [5.41, 5.74) is 5.95. The van der Waals surface area contributed by atoms with Gasteiger partial charge < -0.3 is 4.74 Å². The van der Waals surface area contributed by atoms with Gasteiger partial charge in [0.25, 0.3) is 0 Å². The van der Waals surface area contributed by atoms with Crippen LogP contribution in [0.1, 0.15) is 47.6 Å². The molecular formula is C25H36N2O. The molecule has 2 aromatic carbocycles. The van der Waals surface area contributed by atoms with E-state index < -0.39 is 0 Å². The van der Waals surface area contributed by atoms with Crippen LogP contribution in [0.3, 0.4) is 0 Å². The lowest BCUT2D eigenvalue weighted by Crippen LogP contribution is -2.55. The van der Waals surface area contributed by atoms with Crippen molar-refractivity contribution in [3.63, 3.8) is 0 Å². The first-order valence-corrected chi connectivity index (χ1v) is 10.6. The minimum absolute atomic E-state index is 0.623. The van der Waals surface area contributed by atoms with Gasteiger partial charge in [-0.05, 0) is 55.4 Å². The Labute approximate surface area is 171 Å². The van der Waals surface area contributed by atoms with E-state index >= 15 is 0 Å². The van der Waals surface area contributed by atoms with Crippen molar-refractivity contribution in [2.75, 3.05) is 33.9 Å². The van der Waals surface area contributed by atoms with Crippen LogP contribution in [0, 0.1) is 13.8 Å². The van der Waals surface area contributed by atoms with Gasteiger partial charge in [0.05, 0.1) is 0 Å². The largest absolute Gasteiger partial charge is 0.388 e. The molecule has 2 fully saturated rings. The number of methoxy groups -OCH3 is 1. The summed E-state index contributed by atoms with van der Waals surface area (Å²) in [6, 6.07) is 19.1. The van der Waals surface area contributed by atoms with Crippen molar-refractivity contribution in [1.29, 1.82) is 0 Å². The summed E-state index contributed by atoms with van der Waals surface area (Å²) in [4.78, 5) is 5.47. The third-order valence-corrected chi connectivity index (χ3v) is 6.28. The molecule has 0 aliphatic carbocycles. The Morgan fingerprint density at radius 3 is 2.43 bits per heavy atom. The Morgan fingerprint density at radius 1 is 0.929 bits per heavy atom. The maximum Gasteiger partial charge on any atom is 0.0354 e. The number of rotatable bonds is 3. The van der Waals surface area contributed by atoms with Crippen molar-refractivity contribution in [3.05, 3.63) is 70.8 Å². The minimum atomic E-state index is 0.623. The normalized spacial score (nSPS) is 22.9. The minimum Gasteiger partial charge on any atom is -0.388 e. The molecular weight excluding hydrogens is 344 g/mol. The van der Waals surface area contributed by atoms with Gasteiger partial charge in [0.2, 0.25) is 0 Å². The first-order valence-electron chi connectivity index (χ1n) is 10.6. The quantitative estimate of drug-likeness (QED) is 0.747. The molecule has 0 bridgehead atoms. The molecule has 3 heteroatoms. The van der Waals surface area contributed by atoms with Crippen molar-refractivity contribution in [1.82, 2.24) is 9.80 Å². The lowest BCUT2D eigenvalue weighted by atomic mass is 9.86. The molecule has 0 amide bonds. The van der Waals surface area contributed by atoms with Gasteiger partial charge in [0.1, 0.15) is 0 Å². The fourth-order valence-electron chi connectivity index (χ4n) is 4.77. The Balaban J connectivity index is 0.000000706. The summed E-state index contributed by atoms with van der Waals surface area (Å²) >= 11 is 0. The second kappa shape index (κ2) is 10.2. The zero-order chi connectivity index (χ0) is 19.9. The Morgan fingerprint density at radius 2 is 1.68 bits per heavy atom. The molecule has 28 heavy (non-hydrogen) atoms. The lowest BCUT2D eigenvalue weighted by Gasteiger charge is -2.49. The second-order valence-corrected chi connectivity index (χ2v) is 8.26. The van der Waals surface area contributed by atoms with Crippen LogP contribution < -0.4 is 0 Å². The second-order valence-electron chi connectivity index (χ2n) is 8.26. The predicted octanol–water partition coefficient (Wildman–Crippen LogP) is 4.98. The SMILES string of the molecule is COC.Cc1cccc(C2CCCC3CN(Cc4ccccc4)CCN32)c1C. The molecule has 3 nitrogen and oxygen atoms in total. The van der Waals surface area contributed by atoms with E-state index in [2.05, 4.69) is 76.9 Å². The van der Waals surface area contributed by atoms with Crippen LogP contribution in [0.5, 0.6) is 0 Å². The highest BCUT2D eigenvalue weighted by molar-refractivity contribution is 5.35. The number of piperazine rings is 1. The maximum absolute atomic E-state index is 4.25. The molecule has 2 saturated heterocycles. The highest BCUT2D eigenvalue weighted by Gasteiger charge is 2.36. The molecule has 2 heterocycles. The number of fused-ring (bicyclic) bond motifs is 1. The average Bonchev–Trinajstić information content (AvgIpc) is 2.71. The van der Waals surface area contributed by atoms with Gasteiger partial charge in [-0.3, -0.25) is 9.80 Å². The number of hydrogen-bond donors (Lipinski definition) is 0. The number of piperidine rings is 1. The molecule has 2 aliphatic rings. The van der Waals surface area contributed by atoms with E-state index in [0.717, 1.165) is 12.6 Å². The number of nitrogens with zero attached hydrogens (tertiary/aromatic N) is 2. The molecule has 4 rings (SSSR count). The first kappa shape index (κ1) is 21.0. The molecule has 2 aliphatic heterocycles. The van der Waals surface area contributed by atoms with Crippen molar-refractivity contribution >= 4 is 0 Å². The van der Waals surface area contributed by atoms with Crippen LogP contribution in [-0.2, 0) is 11.3 Å². The van der Waals surface area contributed by atoms with E-state index in [1.807, 2.05) is 0 Å². The molecule has 0 aromatic heterocycles. The Kier molecular flexibility index (Phi) is 7.66. The zero-order valence-corrected chi connectivity index (χ0v) is 18.0. The first-order chi connectivity index (χ1) is 13.6. The molecule has 2 atom stereocenters. The molecule has 2 aromatic rings. The number of ether oxygens (including phenoxy) is 1. The molecule has 0 spiro atoms. The van der Waals surface area contributed by atoms with Crippen LogP contribution in [0.2, 0.25) is 0 Å². The van der Waals surface area contributed by atoms with Crippen molar-refractivity contribution < 1.29 is 4.74 Å². The van der Waals surface area contributed by atoms with Gasteiger partial charge >= 0.3 is 0 Å². The van der Waals surface area contributed by atoms with Gasteiger partial charge in [0.15, 0.2) is 0 Å². The third-order valence-electron chi connectivity index (χ3n) is 6.28. The zero-order valence-electron chi connectivity index (χ0n) is 18.0. The molecule has 0 radical (unpaired) electrons. The van der Waals surface area contributed by atoms with Crippen LogP contribution in [0.25, 0.3) is 0 Å². The molecule has 0 N–H and O–H groups in total. The number of aryl methyl sites for hydroxylation is 1. The monoisotopic (exact) mass is 380 g/mol. The predicted molar refractivity (Wildman–Crippen MR) is 118 cm³/mol. The van der Waals surface area contributed by atoms with E-state index in [0.29, 0.717) is 6.04 Å². The van der Waals surface area contributed by atoms with Crippen molar-refractivity contribution in [2.24, 2.45) is 0 Å². The van der Waals surface area contributed by atoms with Crippen LogP contribution in [-0.4, -0.2) is 49.7 Å². The highest BCUT2D eigenvalue weighted by atomic mass is 16.4. The Hall–Kier alpha value is -1.68. The lowest BCUT2D eigenvalue weighted by molar-refractivity contribution is 0.00619. The summed E-state index contributed by atoms with van der Waals surface area (Å²) in [7, 11) is 3.25. The molecule has 2 unspecified atom stereocenters. The van der Waals surface area contributed by atoms with Crippen LogP contribution >= 0.6 is 0 Å². The van der Waals surface area contributed by atoms with E-state index in [4.69, 9.17) is 0 Å². The van der Waals surface area contributed by atoms with E-state index in [-0.39, 0.29) is 0 Å². The maximum atomic E-state index is 4.25. The van der Waals surface area contributed by atoms with E-state index in [1.54, 1.807) is 19.8 Å². The summed E-state index contributed by atoms with van der Waals surface area (Å²) in [6.45, 7) is 9.26. The summed E-state index contributed by atoms with van der Waals surface area (Å²) in [5.74, 6) is 0. The van der Waals surface area contributed by atoms with Crippen molar-refractivity contribution in [2.45, 2.75) is 51.7 Å². The van der Waals surface area contributed by atoms with Gasteiger partial charge in [-0.25, -0.2) is 0 Å². The summed E-state index contributed by atoms with van der Waals surface area (Å²) in [5, 5.41) is 0. The fraction of sp³-hybridized carbons (Fsp3) is 0.520. The number of benzene rings is 2. The third kappa shape index (κ3) is 5.02. The number of hydrogen-bond acceptors (Lipinski definition) is 3.